The smallest absolute Gasteiger partial charge is 0.295 e. The van der Waals surface area contributed by atoms with E-state index >= 15 is 0 Å². The van der Waals surface area contributed by atoms with Crippen molar-refractivity contribution in [1.82, 2.24) is 9.97 Å². The maximum absolute atomic E-state index is 11.4. The van der Waals surface area contributed by atoms with Crippen molar-refractivity contribution in [1.29, 1.82) is 0 Å². The molecular weight excluding hydrogens is 246 g/mol. The summed E-state index contributed by atoms with van der Waals surface area (Å²) in [6.07, 6.45) is 2.37. The summed E-state index contributed by atoms with van der Waals surface area (Å²) < 4.78 is 27.1. The fourth-order valence-electron chi connectivity index (χ4n) is 1.41. The second kappa shape index (κ2) is 5.17. The molecule has 0 spiro atoms. The summed E-state index contributed by atoms with van der Waals surface area (Å²) in [5.41, 5.74) is -0.420. The number of aromatic amines is 1. The Labute approximate surface area is 99.1 Å². The average Bonchev–Trinajstić information content (AvgIpc) is 2.14. The van der Waals surface area contributed by atoms with Crippen molar-refractivity contribution in [3.05, 3.63) is 16.7 Å². The summed E-state index contributed by atoms with van der Waals surface area (Å²) in [7, 11) is -1.74. The van der Waals surface area contributed by atoms with Gasteiger partial charge < -0.3 is 15.0 Å². The van der Waals surface area contributed by atoms with Crippen LogP contribution in [0.15, 0.2) is 11.1 Å². The lowest BCUT2D eigenvalue weighted by molar-refractivity contribution is 0.407. The highest BCUT2D eigenvalue weighted by Gasteiger charge is 2.14. The van der Waals surface area contributed by atoms with Gasteiger partial charge in [0.25, 0.3) is 5.56 Å². The van der Waals surface area contributed by atoms with Crippen LogP contribution in [0.25, 0.3) is 0 Å². The minimum absolute atomic E-state index is 0.0350. The summed E-state index contributed by atoms with van der Waals surface area (Å²) in [5, 5.41) is 2.82. The molecule has 0 amide bonds. The van der Waals surface area contributed by atoms with Gasteiger partial charge in [-0.05, 0) is 6.92 Å². The molecule has 1 unspecified atom stereocenters. The number of H-pyrrole nitrogens is 1. The molecule has 1 heterocycles. The van der Waals surface area contributed by atoms with Crippen LogP contribution >= 0.6 is 0 Å². The van der Waals surface area contributed by atoms with Crippen LogP contribution < -0.4 is 15.6 Å². The third-order valence-corrected chi connectivity index (χ3v) is 3.06. The Morgan fingerprint density at radius 1 is 1.59 bits per heavy atom. The van der Waals surface area contributed by atoms with E-state index in [0.29, 0.717) is 0 Å². The second-order valence-corrected chi connectivity index (χ2v) is 5.94. The van der Waals surface area contributed by atoms with Crippen LogP contribution in [-0.4, -0.2) is 43.5 Å². The fourth-order valence-corrected chi connectivity index (χ4v) is 2.40. The van der Waals surface area contributed by atoms with Gasteiger partial charge in [-0.25, -0.2) is 13.4 Å². The lowest BCUT2D eigenvalue weighted by Crippen LogP contribution is -2.27. The first-order chi connectivity index (χ1) is 7.83. The van der Waals surface area contributed by atoms with Crippen LogP contribution in [-0.2, 0) is 9.84 Å². The molecule has 1 aromatic rings. The second-order valence-electron chi connectivity index (χ2n) is 3.75. The molecule has 7 nitrogen and oxygen atoms in total. The maximum Gasteiger partial charge on any atom is 0.295 e. The number of ether oxygens (including phenoxy) is 1. The SMILES string of the molecule is COc1c(NC(C)CS(C)(=O)=O)nc[nH]c1=O. The molecule has 1 rings (SSSR count). The molecule has 17 heavy (non-hydrogen) atoms. The zero-order valence-corrected chi connectivity index (χ0v) is 10.7. The first-order valence-corrected chi connectivity index (χ1v) is 6.95. The first-order valence-electron chi connectivity index (χ1n) is 4.89. The molecule has 1 aromatic heterocycles. The Balaban J connectivity index is 2.89. The Hall–Kier alpha value is -1.57. The maximum atomic E-state index is 11.4. The molecular formula is C9H15N3O4S. The third-order valence-electron chi connectivity index (χ3n) is 1.95. The van der Waals surface area contributed by atoms with E-state index in [9.17, 15) is 13.2 Å². The number of hydrogen-bond donors (Lipinski definition) is 2. The predicted molar refractivity (Wildman–Crippen MR) is 64.2 cm³/mol. The summed E-state index contributed by atoms with van der Waals surface area (Å²) in [5.74, 6) is 0.213. The number of sulfone groups is 1. The van der Waals surface area contributed by atoms with Crippen molar-refractivity contribution >= 4 is 15.7 Å². The minimum atomic E-state index is -3.09. The van der Waals surface area contributed by atoms with Crippen molar-refractivity contribution in [2.45, 2.75) is 13.0 Å². The van der Waals surface area contributed by atoms with Crippen molar-refractivity contribution in [3.63, 3.8) is 0 Å². The number of methoxy groups -OCH3 is 1. The standard InChI is InChI=1S/C9H15N3O4S/c1-6(4-17(3,14)15)12-8-7(16-2)9(13)11-5-10-8/h5-6H,4H2,1-3H3,(H2,10,11,12,13). The van der Waals surface area contributed by atoms with Gasteiger partial charge in [0.05, 0.1) is 19.2 Å². The van der Waals surface area contributed by atoms with Gasteiger partial charge in [0.2, 0.25) is 5.75 Å². The molecule has 0 radical (unpaired) electrons. The van der Waals surface area contributed by atoms with Crippen LogP contribution in [0.1, 0.15) is 6.92 Å². The highest BCUT2D eigenvalue weighted by molar-refractivity contribution is 7.90. The molecule has 0 aliphatic carbocycles. The first kappa shape index (κ1) is 13.5. The average molecular weight is 261 g/mol. The van der Waals surface area contributed by atoms with E-state index in [-0.39, 0.29) is 23.4 Å². The van der Waals surface area contributed by atoms with E-state index in [1.807, 2.05) is 0 Å². The molecule has 0 saturated heterocycles. The molecule has 0 bridgehead atoms. The highest BCUT2D eigenvalue weighted by atomic mass is 32.2. The van der Waals surface area contributed by atoms with Crippen LogP contribution in [0.2, 0.25) is 0 Å². The molecule has 2 N–H and O–H groups in total. The fraction of sp³-hybridized carbons (Fsp3) is 0.556. The normalized spacial score (nSPS) is 13.1. The van der Waals surface area contributed by atoms with Crippen LogP contribution in [0.4, 0.5) is 5.82 Å². The number of rotatable bonds is 5. The van der Waals surface area contributed by atoms with Crippen molar-refractivity contribution in [2.75, 3.05) is 24.4 Å². The van der Waals surface area contributed by atoms with E-state index in [0.717, 1.165) is 6.26 Å². The Kier molecular flexibility index (Phi) is 4.11. The van der Waals surface area contributed by atoms with Crippen LogP contribution in [0.5, 0.6) is 5.75 Å². The summed E-state index contributed by atoms with van der Waals surface area (Å²) >= 11 is 0. The largest absolute Gasteiger partial charge is 0.489 e. The number of anilines is 1. The van der Waals surface area contributed by atoms with E-state index in [1.54, 1.807) is 6.92 Å². The summed E-state index contributed by atoms with van der Waals surface area (Å²) in [6.45, 7) is 1.68. The molecule has 8 heteroatoms. The van der Waals surface area contributed by atoms with E-state index < -0.39 is 15.4 Å². The number of aromatic nitrogens is 2. The van der Waals surface area contributed by atoms with E-state index in [1.165, 1.54) is 13.4 Å². The number of hydrogen-bond acceptors (Lipinski definition) is 6. The lowest BCUT2D eigenvalue weighted by atomic mass is 10.4. The van der Waals surface area contributed by atoms with Gasteiger partial charge in [0, 0.05) is 12.3 Å². The van der Waals surface area contributed by atoms with Gasteiger partial charge in [0.1, 0.15) is 9.84 Å². The molecule has 96 valence electrons. The topological polar surface area (TPSA) is 101 Å². The number of nitrogens with one attached hydrogen (secondary N) is 2. The number of nitrogens with zero attached hydrogens (tertiary/aromatic N) is 1. The monoisotopic (exact) mass is 261 g/mol. The van der Waals surface area contributed by atoms with Crippen molar-refractivity contribution in [3.8, 4) is 5.75 Å². The summed E-state index contributed by atoms with van der Waals surface area (Å²) in [6, 6.07) is -0.367. The highest BCUT2D eigenvalue weighted by Crippen LogP contribution is 2.15. The van der Waals surface area contributed by atoms with E-state index in [2.05, 4.69) is 15.3 Å². The molecule has 1 atom stereocenters. The molecule has 0 saturated carbocycles. The predicted octanol–water partition coefficient (Wildman–Crippen LogP) is -0.376. The van der Waals surface area contributed by atoms with Gasteiger partial charge in [-0.15, -0.1) is 0 Å². The Morgan fingerprint density at radius 3 is 2.76 bits per heavy atom. The van der Waals surface area contributed by atoms with Crippen LogP contribution in [0, 0.1) is 0 Å². The van der Waals surface area contributed by atoms with Gasteiger partial charge in [-0.2, -0.15) is 0 Å². The Bertz CT molecular complexity index is 537. The van der Waals surface area contributed by atoms with Gasteiger partial charge in [0.15, 0.2) is 5.82 Å². The van der Waals surface area contributed by atoms with Crippen LogP contribution in [0.3, 0.4) is 0 Å². The zero-order valence-electron chi connectivity index (χ0n) is 9.85. The molecule has 0 aliphatic rings. The lowest BCUT2D eigenvalue weighted by Gasteiger charge is -2.14. The van der Waals surface area contributed by atoms with Gasteiger partial charge in [-0.3, -0.25) is 4.79 Å². The van der Waals surface area contributed by atoms with Crippen molar-refractivity contribution < 1.29 is 13.2 Å². The molecule has 0 aromatic carbocycles. The van der Waals surface area contributed by atoms with Gasteiger partial charge >= 0.3 is 0 Å². The minimum Gasteiger partial charge on any atom is -0.489 e. The molecule has 0 aliphatic heterocycles. The van der Waals surface area contributed by atoms with Gasteiger partial charge in [-0.1, -0.05) is 0 Å². The zero-order chi connectivity index (χ0) is 13.1. The summed E-state index contributed by atoms with van der Waals surface area (Å²) in [4.78, 5) is 17.6. The third kappa shape index (κ3) is 4.06. The Morgan fingerprint density at radius 2 is 2.24 bits per heavy atom. The molecule has 0 fully saturated rings. The van der Waals surface area contributed by atoms with Crippen molar-refractivity contribution in [2.24, 2.45) is 0 Å². The quantitative estimate of drug-likeness (QED) is 0.749. The van der Waals surface area contributed by atoms with E-state index in [4.69, 9.17) is 4.74 Å².